The van der Waals surface area contributed by atoms with Gasteiger partial charge in [0.25, 0.3) is 0 Å². The summed E-state index contributed by atoms with van der Waals surface area (Å²) < 4.78 is 2.49. The van der Waals surface area contributed by atoms with Gasteiger partial charge in [0.2, 0.25) is 0 Å². The molecular formula is C35H36BN. The summed E-state index contributed by atoms with van der Waals surface area (Å²) in [6.45, 7) is 6.94. The molecule has 0 spiro atoms. The van der Waals surface area contributed by atoms with Crippen molar-refractivity contribution in [3.63, 3.8) is 0 Å². The fourth-order valence-corrected chi connectivity index (χ4v) is 8.94. The zero-order valence-corrected chi connectivity index (χ0v) is 22.0. The quantitative estimate of drug-likeness (QED) is 0.258. The summed E-state index contributed by atoms with van der Waals surface area (Å²) in [4.78, 5) is 0. The van der Waals surface area contributed by atoms with Crippen molar-refractivity contribution in [3.05, 3.63) is 102 Å². The molecule has 2 aromatic carbocycles. The molecule has 0 saturated heterocycles. The molecule has 4 saturated carbocycles. The molecule has 2 atom stereocenters. The lowest BCUT2D eigenvalue weighted by atomic mass is 9.41. The zero-order chi connectivity index (χ0) is 25.2. The first kappa shape index (κ1) is 23.1. The van der Waals surface area contributed by atoms with E-state index >= 15 is 0 Å². The zero-order valence-electron chi connectivity index (χ0n) is 22.0. The molecule has 5 aliphatic rings. The van der Waals surface area contributed by atoms with Gasteiger partial charge in [-0.15, -0.1) is 0 Å². The van der Waals surface area contributed by atoms with Gasteiger partial charge >= 0.3 is 0 Å². The number of aromatic nitrogens is 1. The maximum absolute atomic E-state index is 6.06. The van der Waals surface area contributed by atoms with E-state index in [0.717, 1.165) is 30.1 Å². The number of allylic oxidation sites excluding steroid dienone is 6. The maximum atomic E-state index is 6.06. The number of hydrogen-bond acceptors (Lipinski definition) is 0. The molecule has 184 valence electrons. The van der Waals surface area contributed by atoms with Crippen LogP contribution in [0.15, 0.2) is 85.0 Å². The van der Waals surface area contributed by atoms with Crippen molar-refractivity contribution in [1.82, 2.24) is 4.57 Å². The molecule has 1 aromatic heterocycles. The van der Waals surface area contributed by atoms with Crippen molar-refractivity contribution in [2.45, 2.75) is 63.7 Å². The van der Waals surface area contributed by atoms with Gasteiger partial charge in [0.1, 0.15) is 7.85 Å². The second kappa shape index (κ2) is 8.52. The van der Waals surface area contributed by atoms with E-state index in [2.05, 4.69) is 90.4 Å². The van der Waals surface area contributed by atoms with Gasteiger partial charge in [-0.25, -0.2) is 0 Å². The summed E-state index contributed by atoms with van der Waals surface area (Å²) in [6.07, 6.45) is 21.7. The number of para-hydroxylation sites is 1. The fourth-order valence-electron chi connectivity index (χ4n) is 8.94. The third-order valence-electron chi connectivity index (χ3n) is 10.1. The van der Waals surface area contributed by atoms with Crippen LogP contribution in [0.2, 0.25) is 0 Å². The molecule has 0 amide bonds. The maximum Gasteiger partial charge on any atom is 0.113 e. The topological polar surface area (TPSA) is 4.93 Å². The Morgan fingerprint density at radius 1 is 1.00 bits per heavy atom. The summed E-state index contributed by atoms with van der Waals surface area (Å²) in [7, 11) is 6.06. The Labute approximate surface area is 223 Å². The smallest absolute Gasteiger partial charge is 0.113 e. The number of nitrogens with zero attached hydrogens (tertiary/aromatic N) is 1. The molecule has 5 aliphatic carbocycles. The largest absolute Gasteiger partial charge is 0.313 e. The van der Waals surface area contributed by atoms with Crippen molar-refractivity contribution in [2.24, 2.45) is 17.3 Å². The van der Waals surface area contributed by atoms with Crippen molar-refractivity contribution < 1.29 is 0 Å². The first-order valence-electron chi connectivity index (χ1n) is 14.2. The van der Waals surface area contributed by atoms with E-state index in [4.69, 9.17) is 14.4 Å². The molecule has 1 heterocycles. The number of rotatable bonds is 5. The summed E-state index contributed by atoms with van der Waals surface area (Å²) in [5.74, 6) is 1.63. The lowest BCUT2D eigenvalue weighted by molar-refractivity contribution is -0.0496. The molecular weight excluding hydrogens is 445 g/mol. The first-order valence-corrected chi connectivity index (χ1v) is 14.2. The molecule has 4 fully saturated rings. The summed E-state index contributed by atoms with van der Waals surface area (Å²) >= 11 is 0. The van der Waals surface area contributed by atoms with Gasteiger partial charge in [0.05, 0.1) is 5.52 Å². The Balaban J connectivity index is 1.23. The molecule has 3 aromatic rings. The highest BCUT2D eigenvalue weighted by molar-refractivity contribution is 6.32. The highest BCUT2D eigenvalue weighted by Gasteiger charge is 2.58. The Bertz CT molecular complexity index is 1460. The average molecular weight is 481 g/mol. The monoisotopic (exact) mass is 481 g/mol. The molecule has 2 unspecified atom stereocenters. The van der Waals surface area contributed by atoms with E-state index in [-0.39, 0.29) is 5.41 Å². The van der Waals surface area contributed by atoms with Crippen LogP contribution in [-0.4, -0.2) is 12.4 Å². The summed E-state index contributed by atoms with van der Waals surface area (Å²) in [5.41, 5.74) is 9.61. The van der Waals surface area contributed by atoms with Gasteiger partial charge in [0.15, 0.2) is 0 Å². The van der Waals surface area contributed by atoms with Crippen molar-refractivity contribution in [3.8, 4) is 0 Å². The van der Waals surface area contributed by atoms with Crippen molar-refractivity contribution in [1.29, 1.82) is 0 Å². The summed E-state index contributed by atoms with van der Waals surface area (Å²) in [6, 6.07) is 17.7. The second-order valence-corrected chi connectivity index (χ2v) is 12.4. The Morgan fingerprint density at radius 3 is 2.51 bits per heavy atom. The van der Waals surface area contributed by atoms with Crippen LogP contribution in [0, 0.1) is 17.3 Å². The van der Waals surface area contributed by atoms with Crippen LogP contribution < -0.4 is 5.46 Å². The van der Waals surface area contributed by atoms with E-state index in [1.807, 2.05) is 0 Å². The van der Waals surface area contributed by atoms with Crippen LogP contribution in [0.1, 0.15) is 68.7 Å². The molecule has 0 N–H and O–H groups in total. The predicted molar refractivity (Wildman–Crippen MR) is 158 cm³/mol. The normalized spacial score (nSPS) is 30.4. The number of hydrogen-bond donors (Lipinski definition) is 0. The number of fused-ring (bicyclic) bond motifs is 3. The minimum atomic E-state index is 0.224. The predicted octanol–water partition coefficient (Wildman–Crippen LogP) is 7.91. The molecule has 2 radical (unpaired) electrons. The highest BCUT2D eigenvalue weighted by Crippen LogP contribution is 2.67. The Hall–Kier alpha value is -3.00. The van der Waals surface area contributed by atoms with E-state index in [1.165, 1.54) is 77.5 Å². The van der Waals surface area contributed by atoms with Crippen LogP contribution in [0.4, 0.5) is 0 Å². The van der Waals surface area contributed by atoms with Crippen LogP contribution in [0.5, 0.6) is 0 Å². The molecule has 0 aliphatic heterocycles. The SMILES string of the molecule is [B]c1ccc(C23CC4CC(CC(C(=C)/C=C\C(=C/C)n5c6c(c7ccccc75)C=CCC6)(C4)C2)C3)cc1. The van der Waals surface area contributed by atoms with Gasteiger partial charge in [-0.05, 0) is 104 Å². The van der Waals surface area contributed by atoms with Crippen LogP contribution >= 0.6 is 0 Å². The Kier molecular flexibility index (Phi) is 5.33. The first-order chi connectivity index (χ1) is 18.0. The Morgan fingerprint density at radius 2 is 1.76 bits per heavy atom. The van der Waals surface area contributed by atoms with Gasteiger partial charge in [0, 0.05) is 22.3 Å². The standard InChI is InChI=1S/C35H36BN/c1-3-29(37-32-10-6-4-8-30(32)31-9-5-7-11-33(31)37)17-12-24(2)34-19-25-18-26(20-34)22-35(21-25,23-34)27-13-15-28(36)16-14-27/h3-6,8-10,12-17,25-26H,2,7,11,18-23H2,1H3/b17-12-,29-3+. The van der Waals surface area contributed by atoms with E-state index in [9.17, 15) is 0 Å². The van der Waals surface area contributed by atoms with Crippen LogP contribution in [-0.2, 0) is 11.8 Å². The highest BCUT2D eigenvalue weighted by atomic mass is 15.0. The molecule has 1 nitrogen and oxygen atoms in total. The van der Waals surface area contributed by atoms with Gasteiger partial charge in [-0.2, -0.15) is 0 Å². The molecule has 37 heavy (non-hydrogen) atoms. The average Bonchev–Trinajstić information content (AvgIpc) is 3.23. The summed E-state index contributed by atoms with van der Waals surface area (Å²) in [5, 5.41) is 1.35. The van der Waals surface area contributed by atoms with Gasteiger partial charge < -0.3 is 4.57 Å². The van der Waals surface area contributed by atoms with E-state index < -0.39 is 0 Å². The van der Waals surface area contributed by atoms with Gasteiger partial charge in [-0.3, -0.25) is 0 Å². The van der Waals surface area contributed by atoms with Crippen molar-refractivity contribution >= 4 is 36.0 Å². The van der Waals surface area contributed by atoms with Crippen LogP contribution in [0.3, 0.4) is 0 Å². The second-order valence-electron chi connectivity index (χ2n) is 12.4. The van der Waals surface area contributed by atoms with Gasteiger partial charge in [-0.1, -0.05) is 78.8 Å². The third kappa shape index (κ3) is 3.59. The van der Waals surface area contributed by atoms with E-state index in [1.54, 1.807) is 0 Å². The molecule has 8 rings (SSSR count). The van der Waals surface area contributed by atoms with Crippen LogP contribution in [0.25, 0.3) is 22.7 Å². The number of benzene rings is 2. The minimum Gasteiger partial charge on any atom is -0.313 e. The third-order valence-corrected chi connectivity index (χ3v) is 10.1. The lowest BCUT2D eigenvalue weighted by Crippen LogP contribution is -2.54. The lowest BCUT2D eigenvalue weighted by Gasteiger charge is -2.63. The molecule has 2 heteroatoms. The van der Waals surface area contributed by atoms with Crippen molar-refractivity contribution in [2.75, 3.05) is 0 Å². The molecule has 4 bridgehead atoms. The fraction of sp³-hybridized carbons (Fsp3) is 0.371. The minimum absolute atomic E-state index is 0.224. The van der Waals surface area contributed by atoms with E-state index in [0.29, 0.717) is 5.41 Å².